The number of aromatic amines is 1. The second kappa shape index (κ2) is 3.46. The Kier molecular flexibility index (Phi) is 2.02. The van der Waals surface area contributed by atoms with E-state index in [4.69, 9.17) is 0 Å². The molecule has 1 unspecified atom stereocenters. The van der Waals surface area contributed by atoms with Crippen molar-refractivity contribution in [3.63, 3.8) is 0 Å². The van der Waals surface area contributed by atoms with Gasteiger partial charge in [0.25, 0.3) is 0 Å². The topological polar surface area (TPSA) is 27.8 Å². The van der Waals surface area contributed by atoms with Crippen molar-refractivity contribution in [1.29, 1.82) is 0 Å². The highest BCUT2D eigenvalue weighted by molar-refractivity contribution is 6.34. The van der Waals surface area contributed by atoms with Gasteiger partial charge in [-0.3, -0.25) is 0 Å². The van der Waals surface area contributed by atoms with Crippen molar-refractivity contribution in [2.24, 2.45) is 0 Å². The molecular formula is C14H15N2Si. The summed E-state index contributed by atoms with van der Waals surface area (Å²) in [4.78, 5) is 3.45. The molecule has 1 aromatic carbocycles. The van der Waals surface area contributed by atoms with Crippen molar-refractivity contribution >= 4 is 26.5 Å². The van der Waals surface area contributed by atoms with Crippen LogP contribution < -0.4 is 10.6 Å². The van der Waals surface area contributed by atoms with E-state index < -0.39 is 0 Å². The summed E-state index contributed by atoms with van der Waals surface area (Å²) < 4.78 is 0. The Morgan fingerprint density at radius 1 is 1.29 bits per heavy atom. The lowest BCUT2D eigenvalue weighted by molar-refractivity contribution is 0.346. The molecular weight excluding hydrogens is 224 g/mol. The van der Waals surface area contributed by atoms with Crippen LogP contribution in [0.2, 0.25) is 0 Å². The smallest absolute Gasteiger partial charge is 0.0966 e. The Morgan fingerprint density at radius 2 is 2.24 bits per heavy atom. The molecule has 1 aromatic heterocycles. The van der Waals surface area contributed by atoms with Gasteiger partial charge in [-0.1, -0.05) is 12.1 Å². The molecule has 2 heterocycles. The van der Waals surface area contributed by atoms with Crippen LogP contribution in [0.3, 0.4) is 0 Å². The first-order valence-electron chi connectivity index (χ1n) is 6.43. The molecule has 4 rings (SSSR count). The van der Waals surface area contributed by atoms with Crippen LogP contribution >= 0.6 is 0 Å². The lowest BCUT2D eigenvalue weighted by Gasteiger charge is -2.37. The van der Waals surface area contributed by atoms with Gasteiger partial charge in [0.15, 0.2) is 0 Å². The van der Waals surface area contributed by atoms with Crippen LogP contribution in [-0.2, 0) is 6.42 Å². The number of piperidine rings is 1. The van der Waals surface area contributed by atoms with Gasteiger partial charge < -0.3 is 10.3 Å². The standard InChI is InChI=1S/C14H15N2Si/c17-14-10-7-12-8(4-2-6-15-12)9-3-1-5-11(16-14)13(9)10/h1,3,5,8,12,15-16H,2,4,6-7H2/t8?,12-/m1/s1. The predicted octanol–water partition coefficient (Wildman–Crippen LogP) is 1.35. The first-order valence-corrected chi connectivity index (χ1v) is 6.93. The van der Waals surface area contributed by atoms with Crippen LogP contribution in [0.15, 0.2) is 18.2 Å². The van der Waals surface area contributed by atoms with Gasteiger partial charge in [0.1, 0.15) is 0 Å². The molecule has 2 aromatic rings. The number of hydrogen-bond acceptors (Lipinski definition) is 1. The fraction of sp³-hybridized carbons (Fsp3) is 0.429. The second-order valence-corrected chi connectivity index (χ2v) is 5.76. The largest absolute Gasteiger partial charge is 0.363 e. The number of nitrogens with one attached hydrogen (secondary N) is 2. The van der Waals surface area contributed by atoms with Gasteiger partial charge in [-0.15, -0.1) is 0 Å². The van der Waals surface area contributed by atoms with Crippen LogP contribution in [0.25, 0.3) is 10.9 Å². The number of rotatable bonds is 0. The SMILES string of the molecule is [Si]c1[nH]c2cccc3c2c1C[C@H]1NCCCC31. The van der Waals surface area contributed by atoms with E-state index in [0.29, 0.717) is 12.0 Å². The summed E-state index contributed by atoms with van der Waals surface area (Å²) in [6, 6.07) is 7.31. The van der Waals surface area contributed by atoms with Crippen LogP contribution in [0.5, 0.6) is 0 Å². The molecule has 3 radical (unpaired) electrons. The minimum atomic E-state index is 0.632. The van der Waals surface area contributed by atoms with Crippen LogP contribution in [-0.4, -0.2) is 27.8 Å². The first kappa shape index (κ1) is 9.92. The number of fused-ring (bicyclic) bond motifs is 2. The van der Waals surface area contributed by atoms with Gasteiger partial charge in [-0.2, -0.15) is 0 Å². The molecule has 0 amide bonds. The van der Waals surface area contributed by atoms with Crippen molar-refractivity contribution in [2.75, 3.05) is 6.54 Å². The average Bonchev–Trinajstić information content (AvgIpc) is 2.68. The molecule has 0 spiro atoms. The Bertz CT molecular complexity index is 587. The summed E-state index contributed by atoms with van der Waals surface area (Å²) in [6.45, 7) is 1.17. The van der Waals surface area contributed by atoms with Gasteiger partial charge in [-0.25, -0.2) is 0 Å². The number of H-pyrrole nitrogens is 1. The predicted molar refractivity (Wildman–Crippen MR) is 71.2 cm³/mol. The summed E-state index contributed by atoms with van der Waals surface area (Å²) in [6.07, 6.45) is 3.79. The van der Waals surface area contributed by atoms with E-state index in [1.54, 1.807) is 5.56 Å². The first-order chi connectivity index (χ1) is 8.34. The van der Waals surface area contributed by atoms with E-state index in [0.717, 1.165) is 6.42 Å². The fourth-order valence-corrected chi connectivity index (χ4v) is 3.98. The van der Waals surface area contributed by atoms with Crippen molar-refractivity contribution in [3.8, 4) is 0 Å². The molecule has 85 valence electrons. The monoisotopic (exact) mass is 239 g/mol. The van der Waals surface area contributed by atoms with Crippen LogP contribution in [0.1, 0.15) is 29.9 Å². The molecule has 2 atom stereocenters. The lowest BCUT2D eigenvalue weighted by atomic mass is 9.76. The molecule has 1 fully saturated rings. The highest BCUT2D eigenvalue weighted by atomic mass is 28.1. The quantitative estimate of drug-likeness (QED) is 0.667. The maximum Gasteiger partial charge on any atom is 0.0966 e. The normalized spacial score (nSPS) is 27.1. The van der Waals surface area contributed by atoms with E-state index in [-0.39, 0.29) is 0 Å². The van der Waals surface area contributed by atoms with Crippen molar-refractivity contribution in [3.05, 3.63) is 29.3 Å². The van der Waals surface area contributed by atoms with E-state index in [1.165, 1.54) is 41.2 Å². The van der Waals surface area contributed by atoms with Gasteiger partial charge >= 0.3 is 0 Å². The molecule has 2 nitrogen and oxygen atoms in total. The van der Waals surface area contributed by atoms with Crippen LogP contribution in [0, 0.1) is 0 Å². The number of benzene rings is 1. The third kappa shape index (κ3) is 1.29. The minimum absolute atomic E-state index is 0.632. The minimum Gasteiger partial charge on any atom is -0.363 e. The van der Waals surface area contributed by atoms with Crippen molar-refractivity contribution in [1.82, 2.24) is 10.3 Å². The third-order valence-electron chi connectivity index (χ3n) is 4.37. The van der Waals surface area contributed by atoms with E-state index >= 15 is 0 Å². The fourth-order valence-electron chi connectivity index (χ4n) is 3.62. The molecule has 1 aliphatic carbocycles. The molecule has 2 N–H and O–H groups in total. The Balaban J connectivity index is 2.01. The number of aromatic nitrogens is 1. The summed E-state index contributed by atoms with van der Waals surface area (Å²) in [5, 5.41) is 6.33. The molecule has 3 heteroatoms. The zero-order chi connectivity index (χ0) is 11.4. The highest BCUT2D eigenvalue weighted by Crippen LogP contribution is 2.39. The lowest BCUT2D eigenvalue weighted by Crippen LogP contribution is -2.43. The molecule has 1 aliphatic heterocycles. The van der Waals surface area contributed by atoms with E-state index in [1.807, 2.05) is 0 Å². The van der Waals surface area contributed by atoms with Crippen molar-refractivity contribution < 1.29 is 0 Å². The second-order valence-electron chi connectivity index (χ2n) is 5.26. The maximum absolute atomic E-state index is 3.73. The Hall–Kier alpha value is -1.06. The summed E-state index contributed by atoms with van der Waals surface area (Å²) in [5.41, 5.74) is 4.29. The molecule has 1 saturated heterocycles. The van der Waals surface area contributed by atoms with Crippen LogP contribution in [0.4, 0.5) is 0 Å². The Labute approximate surface area is 104 Å². The average molecular weight is 239 g/mol. The molecule has 0 bridgehead atoms. The zero-order valence-corrected chi connectivity index (χ0v) is 10.7. The van der Waals surface area contributed by atoms with E-state index in [2.05, 4.69) is 38.7 Å². The highest BCUT2D eigenvalue weighted by Gasteiger charge is 2.33. The number of hydrogen-bond donors (Lipinski definition) is 2. The van der Waals surface area contributed by atoms with Gasteiger partial charge in [0.2, 0.25) is 0 Å². The summed E-state index contributed by atoms with van der Waals surface area (Å²) >= 11 is 0. The van der Waals surface area contributed by atoms with Gasteiger partial charge in [0, 0.05) is 22.9 Å². The summed E-state index contributed by atoms with van der Waals surface area (Å²) in [5.74, 6) is 0.710. The zero-order valence-electron chi connectivity index (χ0n) is 9.72. The van der Waals surface area contributed by atoms with Gasteiger partial charge in [-0.05, 0) is 48.3 Å². The molecule has 0 saturated carbocycles. The molecule has 17 heavy (non-hydrogen) atoms. The van der Waals surface area contributed by atoms with E-state index in [9.17, 15) is 0 Å². The Morgan fingerprint density at radius 3 is 3.18 bits per heavy atom. The third-order valence-corrected chi connectivity index (χ3v) is 4.79. The molecule has 2 aliphatic rings. The summed E-state index contributed by atoms with van der Waals surface area (Å²) in [7, 11) is 3.73. The maximum atomic E-state index is 3.73. The van der Waals surface area contributed by atoms with Crippen molar-refractivity contribution in [2.45, 2.75) is 31.2 Å². The van der Waals surface area contributed by atoms with Gasteiger partial charge in [0.05, 0.1) is 10.2 Å².